The zero-order valence-electron chi connectivity index (χ0n) is 6.54. The first-order valence-electron chi connectivity index (χ1n) is 3.58. The number of fused-ring (bicyclic) bond motifs is 1. The Hall–Kier alpha value is -0.670. The SMILES string of the molecule is Cc1nc2c(CCl)nccc2s1. The van der Waals surface area contributed by atoms with Gasteiger partial charge in [-0.25, -0.2) is 4.98 Å². The lowest BCUT2D eigenvalue weighted by Gasteiger charge is -1.92. The first-order chi connectivity index (χ1) is 5.81. The van der Waals surface area contributed by atoms with Crippen molar-refractivity contribution in [3.05, 3.63) is 23.0 Å². The van der Waals surface area contributed by atoms with Crippen molar-refractivity contribution in [2.45, 2.75) is 12.8 Å². The Labute approximate surface area is 79.2 Å². The van der Waals surface area contributed by atoms with Crippen molar-refractivity contribution in [2.75, 3.05) is 0 Å². The summed E-state index contributed by atoms with van der Waals surface area (Å²) < 4.78 is 1.16. The Bertz CT molecular complexity index is 410. The molecule has 12 heavy (non-hydrogen) atoms. The van der Waals surface area contributed by atoms with E-state index in [-0.39, 0.29) is 0 Å². The second-order valence-corrected chi connectivity index (χ2v) is 3.97. The van der Waals surface area contributed by atoms with Crippen LogP contribution in [0.25, 0.3) is 10.2 Å². The van der Waals surface area contributed by atoms with Crippen LogP contribution in [-0.4, -0.2) is 9.97 Å². The highest BCUT2D eigenvalue weighted by molar-refractivity contribution is 7.18. The maximum atomic E-state index is 5.72. The zero-order valence-corrected chi connectivity index (χ0v) is 8.11. The fourth-order valence-electron chi connectivity index (χ4n) is 1.12. The quantitative estimate of drug-likeness (QED) is 0.659. The molecule has 4 heteroatoms. The Morgan fingerprint density at radius 2 is 2.42 bits per heavy atom. The van der Waals surface area contributed by atoms with Gasteiger partial charge in [-0.1, -0.05) is 0 Å². The van der Waals surface area contributed by atoms with Gasteiger partial charge in [0.15, 0.2) is 0 Å². The van der Waals surface area contributed by atoms with Crippen molar-refractivity contribution >= 4 is 33.2 Å². The van der Waals surface area contributed by atoms with Crippen molar-refractivity contribution < 1.29 is 0 Å². The number of aromatic nitrogens is 2. The van der Waals surface area contributed by atoms with E-state index < -0.39 is 0 Å². The van der Waals surface area contributed by atoms with Gasteiger partial charge in [0.25, 0.3) is 0 Å². The minimum Gasteiger partial charge on any atom is -0.258 e. The van der Waals surface area contributed by atoms with Crippen LogP contribution in [0.5, 0.6) is 0 Å². The molecule has 2 aromatic heterocycles. The summed E-state index contributed by atoms with van der Waals surface area (Å²) >= 11 is 7.39. The summed E-state index contributed by atoms with van der Waals surface area (Å²) in [5, 5.41) is 1.06. The van der Waals surface area contributed by atoms with Gasteiger partial charge >= 0.3 is 0 Å². The predicted molar refractivity (Wildman–Crippen MR) is 51.7 cm³/mol. The molecule has 0 radical (unpaired) electrons. The minimum absolute atomic E-state index is 0.431. The van der Waals surface area contributed by atoms with E-state index in [1.165, 1.54) is 0 Å². The lowest BCUT2D eigenvalue weighted by atomic mass is 10.3. The molecule has 0 aliphatic rings. The molecule has 2 nitrogen and oxygen atoms in total. The summed E-state index contributed by atoms with van der Waals surface area (Å²) in [4.78, 5) is 8.51. The molecular formula is C8H7ClN2S. The molecule has 2 rings (SSSR count). The first-order valence-corrected chi connectivity index (χ1v) is 4.93. The van der Waals surface area contributed by atoms with Crippen LogP contribution in [0.15, 0.2) is 12.3 Å². The smallest absolute Gasteiger partial charge is 0.104 e. The molecule has 0 atom stereocenters. The van der Waals surface area contributed by atoms with E-state index in [1.807, 2.05) is 13.0 Å². The molecule has 0 aromatic carbocycles. The van der Waals surface area contributed by atoms with Crippen LogP contribution in [0, 0.1) is 6.92 Å². The Morgan fingerprint density at radius 3 is 3.17 bits per heavy atom. The Morgan fingerprint density at radius 1 is 1.58 bits per heavy atom. The molecule has 0 fully saturated rings. The van der Waals surface area contributed by atoms with Crippen LogP contribution in [0.2, 0.25) is 0 Å². The Balaban J connectivity index is 2.78. The normalized spacial score (nSPS) is 10.8. The number of halogens is 1. The third kappa shape index (κ3) is 1.19. The van der Waals surface area contributed by atoms with Gasteiger partial charge in [0.05, 0.1) is 21.3 Å². The highest BCUT2D eigenvalue weighted by atomic mass is 35.5. The van der Waals surface area contributed by atoms with Gasteiger partial charge in [-0.15, -0.1) is 22.9 Å². The first kappa shape index (κ1) is 7.95. The van der Waals surface area contributed by atoms with Gasteiger partial charge in [0.1, 0.15) is 5.52 Å². The van der Waals surface area contributed by atoms with Gasteiger partial charge in [0.2, 0.25) is 0 Å². The predicted octanol–water partition coefficient (Wildman–Crippen LogP) is 2.74. The maximum absolute atomic E-state index is 5.72. The van der Waals surface area contributed by atoms with Crippen molar-refractivity contribution in [1.29, 1.82) is 0 Å². The fourth-order valence-corrected chi connectivity index (χ4v) is 2.16. The monoisotopic (exact) mass is 198 g/mol. The van der Waals surface area contributed by atoms with E-state index in [4.69, 9.17) is 11.6 Å². The molecule has 0 bridgehead atoms. The minimum atomic E-state index is 0.431. The highest BCUT2D eigenvalue weighted by Gasteiger charge is 2.04. The number of hydrogen-bond donors (Lipinski definition) is 0. The number of hydrogen-bond acceptors (Lipinski definition) is 3. The van der Waals surface area contributed by atoms with Crippen molar-refractivity contribution in [2.24, 2.45) is 0 Å². The molecule has 0 saturated heterocycles. The summed E-state index contributed by atoms with van der Waals surface area (Å²) in [6, 6.07) is 1.97. The molecule has 2 heterocycles. The molecule has 62 valence electrons. The van der Waals surface area contributed by atoms with Crippen LogP contribution in [-0.2, 0) is 5.88 Å². The lowest BCUT2D eigenvalue weighted by molar-refractivity contribution is 1.18. The van der Waals surface area contributed by atoms with E-state index in [0.29, 0.717) is 5.88 Å². The van der Waals surface area contributed by atoms with Gasteiger partial charge < -0.3 is 0 Å². The zero-order chi connectivity index (χ0) is 8.55. The van der Waals surface area contributed by atoms with Crippen molar-refractivity contribution in [1.82, 2.24) is 9.97 Å². The van der Waals surface area contributed by atoms with Crippen LogP contribution < -0.4 is 0 Å². The molecule has 0 unspecified atom stereocenters. The van der Waals surface area contributed by atoms with Gasteiger partial charge in [-0.3, -0.25) is 4.98 Å². The molecule has 0 N–H and O–H groups in total. The summed E-state index contributed by atoms with van der Waals surface area (Å²) in [5.41, 5.74) is 1.83. The number of rotatable bonds is 1. The number of thiazole rings is 1. The number of pyridine rings is 1. The van der Waals surface area contributed by atoms with E-state index >= 15 is 0 Å². The van der Waals surface area contributed by atoms with Crippen LogP contribution in [0.4, 0.5) is 0 Å². The molecule has 0 aliphatic carbocycles. The number of aryl methyl sites for hydroxylation is 1. The fraction of sp³-hybridized carbons (Fsp3) is 0.250. The van der Waals surface area contributed by atoms with Crippen molar-refractivity contribution in [3.63, 3.8) is 0 Å². The van der Waals surface area contributed by atoms with E-state index in [1.54, 1.807) is 17.5 Å². The summed E-state index contributed by atoms with van der Waals surface area (Å²) in [6.45, 7) is 1.99. The largest absolute Gasteiger partial charge is 0.258 e. The third-order valence-corrected chi connectivity index (χ3v) is 2.81. The number of alkyl halides is 1. The third-order valence-electron chi connectivity index (χ3n) is 1.62. The average Bonchev–Trinajstić information content (AvgIpc) is 2.44. The second-order valence-electron chi connectivity index (χ2n) is 2.47. The van der Waals surface area contributed by atoms with Crippen LogP contribution in [0.1, 0.15) is 10.7 Å². The van der Waals surface area contributed by atoms with E-state index in [9.17, 15) is 0 Å². The molecule has 2 aromatic rings. The standard InChI is InChI=1S/C8H7ClN2S/c1-5-11-8-6(4-9)10-3-2-7(8)12-5/h2-3H,4H2,1H3. The molecule has 0 saturated carbocycles. The Kier molecular flexibility index (Phi) is 1.98. The molecular weight excluding hydrogens is 192 g/mol. The van der Waals surface area contributed by atoms with Crippen LogP contribution in [0.3, 0.4) is 0 Å². The summed E-state index contributed by atoms with van der Waals surface area (Å²) in [5.74, 6) is 0.431. The second kappa shape index (κ2) is 2.99. The topological polar surface area (TPSA) is 25.8 Å². The van der Waals surface area contributed by atoms with E-state index in [2.05, 4.69) is 9.97 Å². The van der Waals surface area contributed by atoms with E-state index in [0.717, 1.165) is 20.9 Å². The molecule has 0 aliphatic heterocycles. The summed E-state index contributed by atoms with van der Waals surface area (Å²) in [6.07, 6.45) is 1.78. The molecule has 0 amide bonds. The van der Waals surface area contributed by atoms with Crippen molar-refractivity contribution in [3.8, 4) is 0 Å². The number of nitrogens with zero attached hydrogens (tertiary/aromatic N) is 2. The van der Waals surface area contributed by atoms with Gasteiger partial charge in [0, 0.05) is 6.20 Å². The molecule has 0 spiro atoms. The van der Waals surface area contributed by atoms with Crippen LogP contribution >= 0.6 is 22.9 Å². The van der Waals surface area contributed by atoms with Gasteiger partial charge in [-0.2, -0.15) is 0 Å². The summed E-state index contributed by atoms with van der Waals surface area (Å²) in [7, 11) is 0. The lowest BCUT2D eigenvalue weighted by Crippen LogP contribution is -1.85. The van der Waals surface area contributed by atoms with Gasteiger partial charge in [-0.05, 0) is 13.0 Å². The highest BCUT2D eigenvalue weighted by Crippen LogP contribution is 2.23. The maximum Gasteiger partial charge on any atom is 0.104 e. The average molecular weight is 199 g/mol.